The predicted molar refractivity (Wildman–Crippen MR) is 316 cm³/mol. The van der Waals surface area contributed by atoms with Crippen LogP contribution < -0.4 is 19.9 Å². The van der Waals surface area contributed by atoms with Gasteiger partial charge < -0.3 is 19.9 Å². The van der Waals surface area contributed by atoms with Crippen molar-refractivity contribution in [1.29, 1.82) is 0 Å². The maximum Gasteiger partial charge on any atom is 0.203 e. The maximum atomic E-state index is 6.77. The molecule has 0 aromatic heterocycles. The molecule has 1 aromatic rings. The van der Waals surface area contributed by atoms with Gasteiger partial charge in [0.2, 0.25) is 5.75 Å². The Labute approximate surface area is 446 Å². The van der Waals surface area contributed by atoms with Crippen molar-refractivity contribution in [3.05, 3.63) is 17.7 Å². The summed E-state index contributed by atoms with van der Waals surface area (Å²) in [6.45, 7) is 38.6. The standard InChI is InChI=1S/C67H129NO3/c1-52(2)25-16-28-55(7)31-19-34-58(10)37-22-40-61(13)45-48-69-65-44-43-64(51-68)66(70-49-46-62(14)41-23-38-59(11)35-20-32-56(8)29-17-26-53(3)4)67(65)71-50-47-63(15)42-24-39-60(12)36-21-33-57(9)30-18-27-54(5)6/h43-44,52-63H,16-42,45-51,68H2,1-15H3. The van der Waals surface area contributed by atoms with Crippen molar-refractivity contribution in [2.24, 2.45) is 76.7 Å². The molecule has 0 radical (unpaired) electrons. The van der Waals surface area contributed by atoms with E-state index in [9.17, 15) is 0 Å². The highest BCUT2D eigenvalue weighted by atomic mass is 16.5. The first kappa shape index (κ1) is 67.6. The van der Waals surface area contributed by atoms with Crippen LogP contribution in [0.4, 0.5) is 0 Å². The Morgan fingerprint density at radius 3 is 0.761 bits per heavy atom. The molecule has 9 atom stereocenters. The van der Waals surface area contributed by atoms with Gasteiger partial charge in [0.25, 0.3) is 0 Å². The second-order valence-corrected chi connectivity index (χ2v) is 26.5. The minimum absolute atomic E-state index is 0.425. The SMILES string of the molecule is CC(C)CCCC(C)CCCC(C)CCCC(C)CCOc1ccc(CN)c(OCCC(C)CCCC(C)CCCC(C)CCCC(C)C)c1OCCC(C)CCCC(C)CCCC(C)CCCC(C)C. The molecule has 0 saturated carbocycles. The third kappa shape index (κ3) is 37.9. The van der Waals surface area contributed by atoms with Gasteiger partial charge in [-0.05, 0) is 96.3 Å². The lowest BCUT2D eigenvalue weighted by molar-refractivity contribution is 0.214. The maximum absolute atomic E-state index is 6.77. The van der Waals surface area contributed by atoms with E-state index in [-0.39, 0.29) is 0 Å². The Morgan fingerprint density at radius 1 is 0.282 bits per heavy atom. The Hall–Kier alpha value is -1.42. The lowest BCUT2D eigenvalue weighted by Gasteiger charge is -2.22. The molecule has 0 bridgehead atoms. The quantitative estimate of drug-likeness (QED) is 0.0707. The Kier molecular flexibility index (Phi) is 40.7. The fourth-order valence-electron chi connectivity index (χ4n) is 11.1. The number of ether oxygens (including phenoxy) is 3. The van der Waals surface area contributed by atoms with Gasteiger partial charge in [0.15, 0.2) is 11.5 Å². The molecule has 71 heavy (non-hydrogen) atoms. The molecule has 1 rings (SSSR count). The van der Waals surface area contributed by atoms with E-state index in [1.807, 2.05) is 0 Å². The third-order valence-electron chi connectivity index (χ3n) is 16.8. The van der Waals surface area contributed by atoms with Crippen LogP contribution >= 0.6 is 0 Å². The number of nitrogens with two attached hydrogens (primary N) is 1. The predicted octanol–water partition coefficient (Wildman–Crippen LogP) is 21.7. The zero-order valence-corrected chi connectivity index (χ0v) is 50.9. The van der Waals surface area contributed by atoms with Gasteiger partial charge in [-0.25, -0.2) is 0 Å². The zero-order valence-electron chi connectivity index (χ0n) is 50.9. The van der Waals surface area contributed by atoms with Crippen LogP contribution in [-0.4, -0.2) is 19.8 Å². The Bertz CT molecular complexity index is 1340. The third-order valence-corrected chi connectivity index (χ3v) is 16.8. The van der Waals surface area contributed by atoms with Crippen LogP contribution in [0.15, 0.2) is 12.1 Å². The van der Waals surface area contributed by atoms with Crippen LogP contribution in [0.5, 0.6) is 17.2 Å². The first-order valence-electron chi connectivity index (χ1n) is 31.6. The minimum Gasteiger partial charge on any atom is -0.490 e. The molecule has 0 spiro atoms. The lowest BCUT2D eigenvalue weighted by atomic mass is 9.91. The molecule has 0 aliphatic rings. The van der Waals surface area contributed by atoms with Gasteiger partial charge in [0.05, 0.1) is 19.8 Å². The summed E-state index contributed by atoms with van der Waals surface area (Å²) in [5, 5.41) is 0. The number of benzene rings is 1. The van der Waals surface area contributed by atoms with Crippen LogP contribution in [0.1, 0.15) is 302 Å². The van der Waals surface area contributed by atoms with Crippen LogP contribution in [0.3, 0.4) is 0 Å². The first-order chi connectivity index (χ1) is 33.9. The average Bonchev–Trinajstić information content (AvgIpc) is 3.29. The van der Waals surface area contributed by atoms with E-state index in [0.29, 0.717) is 44.1 Å². The smallest absolute Gasteiger partial charge is 0.203 e. The summed E-state index contributed by atoms with van der Waals surface area (Å²) >= 11 is 0. The van der Waals surface area contributed by atoms with Crippen molar-refractivity contribution in [2.45, 2.75) is 303 Å². The molecule has 4 heteroatoms. The van der Waals surface area contributed by atoms with E-state index < -0.39 is 0 Å². The van der Waals surface area contributed by atoms with Crippen LogP contribution in [0.2, 0.25) is 0 Å². The Balaban J connectivity index is 2.76. The van der Waals surface area contributed by atoms with Gasteiger partial charge >= 0.3 is 0 Å². The lowest BCUT2D eigenvalue weighted by Crippen LogP contribution is -2.12. The summed E-state index contributed by atoms with van der Waals surface area (Å²) in [4.78, 5) is 0. The Morgan fingerprint density at radius 2 is 0.507 bits per heavy atom. The fraction of sp³-hybridized carbons (Fsp3) is 0.910. The van der Waals surface area contributed by atoms with Crippen molar-refractivity contribution >= 4 is 0 Å². The van der Waals surface area contributed by atoms with Gasteiger partial charge in [-0.1, -0.05) is 283 Å². The van der Waals surface area contributed by atoms with Gasteiger partial charge in [0.1, 0.15) is 0 Å². The summed E-state index contributed by atoms with van der Waals surface area (Å²) in [5.41, 5.74) is 7.42. The molecular weight excluding hydrogens is 867 g/mol. The van der Waals surface area contributed by atoms with Crippen molar-refractivity contribution in [3.8, 4) is 17.2 Å². The van der Waals surface area contributed by atoms with Crippen molar-refractivity contribution in [3.63, 3.8) is 0 Å². The van der Waals surface area contributed by atoms with Gasteiger partial charge in [0, 0.05) is 12.1 Å². The van der Waals surface area contributed by atoms with Crippen LogP contribution in [-0.2, 0) is 6.54 Å². The fourth-order valence-corrected chi connectivity index (χ4v) is 11.1. The number of hydrogen-bond acceptors (Lipinski definition) is 4. The molecule has 9 unspecified atom stereocenters. The molecule has 4 nitrogen and oxygen atoms in total. The summed E-state index contributed by atoms with van der Waals surface area (Å²) in [7, 11) is 0. The highest BCUT2D eigenvalue weighted by Crippen LogP contribution is 2.41. The largest absolute Gasteiger partial charge is 0.490 e. The zero-order chi connectivity index (χ0) is 52.8. The van der Waals surface area contributed by atoms with E-state index >= 15 is 0 Å². The molecule has 0 amide bonds. The molecule has 0 heterocycles. The molecule has 0 aliphatic heterocycles. The number of hydrogen-bond donors (Lipinski definition) is 1. The monoisotopic (exact) mass is 996 g/mol. The summed E-state index contributed by atoms with van der Waals surface area (Å²) in [5.74, 6) is 11.9. The molecular formula is C67H129NO3. The molecule has 420 valence electrons. The second kappa shape index (κ2) is 42.8. The summed E-state index contributed by atoms with van der Waals surface area (Å²) in [6, 6.07) is 4.21. The highest BCUT2D eigenvalue weighted by Gasteiger charge is 2.20. The first-order valence-corrected chi connectivity index (χ1v) is 31.6. The van der Waals surface area contributed by atoms with E-state index in [1.54, 1.807) is 0 Å². The van der Waals surface area contributed by atoms with E-state index in [4.69, 9.17) is 19.9 Å². The van der Waals surface area contributed by atoms with Crippen molar-refractivity contribution < 1.29 is 14.2 Å². The molecule has 0 fully saturated rings. The van der Waals surface area contributed by atoms with Gasteiger partial charge in [-0.15, -0.1) is 0 Å². The topological polar surface area (TPSA) is 53.7 Å². The second-order valence-electron chi connectivity index (χ2n) is 26.5. The molecule has 0 aliphatic carbocycles. The van der Waals surface area contributed by atoms with Gasteiger partial charge in [-0.2, -0.15) is 0 Å². The molecule has 1 aromatic carbocycles. The molecule has 2 N–H and O–H groups in total. The van der Waals surface area contributed by atoms with Crippen LogP contribution in [0, 0.1) is 71.0 Å². The summed E-state index contributed by atoms with van der Waals surface area (Å²) in [6.07, 6.45) is 39.9. The van der Waals surface area contributed by atoms with E-state index in [2.05, 4.69) is 116 Å². The van der Waals surface area contributed by atoms with E-state index in [1.165, 1.54) is 173 Å². The highest BCUT2D eigenvalue weighted by molar-refractivity contribution is 5.56. The number of rotatable bonds is 49. The normalized spacial score (nSPS) is 16.0. The van der Waals surface area contributed by atoms with Crippen molar-refractivity contribution in [2.75, 3.05) is 19.8 Å². The summed E-state index contributed by atoms with van der Waals surface area (Å²) < 4.78 is 20.1. The van der Waals surface area contributed by atoms with Crippen molar-refractivity contribution in [1.82, 2.24) is 0 Å². The van der Waals surface area contributed by atoms with Crippen LogP contribution in [0.25, 0.3) is 0 Å². The molecule has 0 saturated heterocycles. The average molecular weight is 997 g/mol. The van der Waals surface area contributed by atoms with E-state index in [0.717, 1.165) is 95.3 Å². The van der Waals surface area contributed by atoms with Gasteiger partial charge in [-0.3, -0.25) is 0 Å². The minimum atomic E-state index is 0.425.